The van der Waals surface area contributed by atoms with Crippen LogP contribution in [0.2, 0.25) is 0 Å². The zero-order chi connectivity index (χ0) is 16.7. The largest absolute Gasteiger partial charge is 0.506 e. The van der Waals surface area contributed by atoms with Crippen molar-refractivity contribution in [3.8, 4) is 17.5 Å². The van der Waals surface area contributed by atoms with Gasteiger partial charge in [-0.1, -0.05) is 0 Å². The Morgan fingerprint density at radius 1 is 1.36 bits per heavy atom. The fraction of sp³-hybridized carbons (Fsp3) is 0.154. The molecule has 0 amide bonds. The minimum absolute atomic E-state index is 0.377. The summed E-state index contributed by atoms with van der Waals surface area (Å²) in [6, 6.07) is 2.93. The molecule has 0 unspecified atom stereocenters. The summed E-state index contributed by atoms with van der Waals surface area (Å²) >= 11 is 0. The molecule has 5 nitrogen and oxygen atoms in total. The van der Waals surface area contributed by atoms with Crippen LogP contribution in [0.4, 0.5) is 17.6 Å². The van der Waals surface area contributed by atoms with Crippen LogP contribution in [0, 0.1) is 24.1 Å². The average molecular weight is 313 g/mol. The smallest absolute Gasteiger partial charge is 0.418 e. The second-order valence-electron chi connectivity index (χ2n) is 4.33. The zero-order valence-corrected chi connectivity index (χ0v) is 10.9. The van der Waals surface area contributed by atoms with Crippen molar-refractivity contribution in [1.82, 2.24) is 9.78 Å². The van der Waals surface area contributed by atoms with Crippen LogP contribution < -0.4 is 5.56 Å². The molecule has 9 heteroatoms. The highest BCUT2D eigenvalue weighted by molar-refractivity contribution is 5.50. The number of hydrogen-bond acceptors (Lipinski definition) is 4. The second-order valence-corrected chi connectivity index (χ2v) is 4.33. The summed E-state index contributed by atoms with van der Waals surface area (Å²) in [5.74, 6) is -1.70. The summed E-state index contributed by atoms with van der Waals surface area (Å²) in [5, 5.41) is 21.4. The molecule has 1 aromatic heterocycles. The third-order valence-corrected chi connectivity index (χ3v) is 2.94. The third-order valence-electron chi connectivity index (χ3n) is 2.94. The molecule has 0 fully saturated rings. The van der Waals surface area contributed by atoms with Crippen LogP contribution in [0.3, 0.4) is 0 Å². The van der Waals surface area contributed by atoms with Crippen LogP contribution in [-0.2, 0) is 6.18 Å². The Labute approximate surface area is 120 Å². The van der Waals surface area contributed by atoms with Gasteiger partial charge in [-0.05, 0) is 13.0 Å². The molecule has 1 aromatic carbocycles. The van der Waals surface area contributed by atoms with Crippen molar-refractivity contribution in [1.29, 1.82) is 5.26 Å². The van der Waals surface area contributed by atoms with Gasteiger partial charge in [0.2, 0.25) is 0 Å². The summed E-state index contributed by atoms with van der Waals surface area (Å²) in [6.07, 6.45) is -4.37. The lowest BCUT2D eigenvalue weighted by Crippen LogP contribution is -2.27. The number of hydrogen-bond donors (Lipinski definition) is 1. The lowest BCUT2D eigenvalue weighted by atomic mass is 10.1. The Hall–Kier alpha value is -2.89. The minimum atomic E-state index is -4.76. The maximum absolute atomic E-state index is 13.9. The van der Waals surface area contributed by atoms with E-state index in [4.69, 9.17) is 5.26 Å². The first kappa shape index (κ1) is 15.5. The number of rotatable bonds is 1. The highest BCUT2D eigenvalue weighted by Gasteiger charge is 2.34. The number of nitrogens with zero attached hydrogens (tertiary/aromatic N) is 3. The summed E-state index contributed by atoms with van der Waals surface area (Å²) < 4.78 is 52.3. The molecule has 1 N–H and O–H groups in total. The average Bonchev–Trinajstić information content (AvgIpc) is 2.42. The molecule has 114 valence electrons. The number of nitriles is 1. The SMILES string of the molecule is Cc1c(C(F)(F)F)cnn(-c2cc(O)c(C#N)cc2F)c1=O. The number of aromatic nitrogens is 2. The Balaban J connectivity index is 2.71. The van der Waals surface area contributed by atoms with Gasteiger partial charge in [-0.2, -0.15) is 28.2 Å². The molecule has 1 heterocycles. The minimum Gasteiger partial charge on any atom is -0.506 e. The van der Waals surface area contributed by atoms with Crippen LogP contribution >= 0.6 is 0 Å². The van der Waals surface area contributed by atoms with Crippen LogP contribution in [0.25, 0.3) is 5.69 Å². The summed E-state index contributed by atoms with van der Waals surface area (Å²) in [5.41, 5.74) is -4.01. The van der Waals surface area contributed by atoms with E-state index >= 15 is 0 Å². The number of benzene rings is 1. The van der Waals surface area contributed by atoms with Crippen molar-refractivity contribution in [2.45, 2.75) is 13.1 Å². The molecule has 22 heavy (non-hydrogen) atoms. The Kier molecular flexibility index (Phi) is 3.62. The zero-order valence-electron chi connectivity index (χ0n) is 10.9. The van der Waals surface area contributed by atoms with E-state index in [9.17, 15) is 27.5 Å². The summed E-state index contributed by atoms with van der Waals surface area (Å²) in [7, 11) is 0. The maximum atomic E-state index is 13.9. The molecule has 0 atom stereocenters. The Bertz CT molecular complexity index is 850. The molecule has 0 saturated carbocycles. The van der Waals surface area contributed by atoms with Gasteiger partial charge in [0.15, 0.2) is 5.82 Å². The molecular formula is C13H7F4N3O2. The molecule has 0 saturated heterocycles. The Morgan fingerprint density at radius 2 is 2.00 bits per heavy atom. The van der Waals surface area contributed by atoms with E-state index in [0.717, 1.165) is 13.0 Å². The van der Waals surface area contributed by atoms with E-state index in [1.807, 2.05) is 0 Å². The maximum Gasteiger partial charge on any atom is 0.418 e. The highest BCUT2D eigenvalue weighted by atomic mass is 19.4. The predicted molar refractivity (Wildman–Crippen MR) is 65.9 cm³/mol. The fourth-order valence-corrected chi connectivity index (χ4v) is 1.80. The molecule has 0 radical (unpaired) electrons. The number of phenols is 1. The van der Waals surface area contributed by atoms with Crippen LogP contribution in [0.5, 0.6) is 5.75 Å². The van der Waals surface area contributed by atoms with E-state index in [2.05, 4.69) is 5.10 Å². The first-order chi connectivity index (χ1) is 10.2. The van der Waals surface area contributed by atoms with Gasteiger partial charge in [0.25, 0.3) is 5.56 Å². The van der Waals surface area contributed by atoms with Crippen molar-refractivity contribution >= 4 is 0 Å². The standard InChI is InChI=1S/C13H7F4N3O2/c1-6-8(13(15,16)17)5-19-20(12(6)22)10-3-11(21)7(4-18)2-9(10)14/h2-3,5,21H,1H3. The van der Waals surface area contributed by atoms with Crippen molar-refractivity contribution in [2.75, 3.05) is 0 Å². The monoisotopic (exact) mass is 313 g/mol. The molecular weight excluding hydrogens is 306 g/mol. The van der Waals surface area contributed by atoms with Crippen molar-refractivity contribution in [3.63, 3.8) is 0 Å². The van der Waals surface area contributed by atoms with Gasteiger partial charge in [-0.25, -0.2) is 4.39 Å². The molecule has 2 rings (SSSR count). The van der Waals surface area contributed by atoms with Gasteiger partial charge in [0, 0.05) is 11.6 Å². The van der Waals surface area contributed by atoms with Gasteiger partial charge in [0.1, 0.15) is 17.5 Å². The lowest BCUT2D eigenvalue weighted by Gasteiger charge is -2.12. The van der Waals surface area contributed by atoms with Gasteiger partial charge in [-0.3, -0.25) is 4.79 Å². The summed E-state index contributed by atoms with van der Waals surface area (Å²) in [4.78, 5) is 11.9. The first-order valence-corrected chi connectivity index (χ1v) is 5.76. The molecule has 0 spiro atoms. The second kappa shape index (κ2) is 5.14. The Morgan fingerprint density at radius 3 is 2.55 bits per heavy atom. The molecule has 0 aliphatic rings. The lowest BCUT2D eigenvalue weighted by molar-refractivity contribution is -0.138. The highest BCUT2D eigenvalue weighted by Crippen LogP contribution is 2.30. The normalized spacial score (nSPS) is 11.3. The van der Waals surface area contributed by atoms with Gasteiger partial charge in [0.05, 0.1) is 17.3 Å². The molecule has 0 aliphatic carbocycles. The summed E-state index contributed by atoms with van der Waals surface area (Å²) in [6.45, 7) is 0.935. The quantitative estimate of drug-likeness (QED) is 0.819. The van der Waals surface area contributed by atoms with Gasteiger partial charge in [-0.15, -0.1) is 0 Å². The van der Waals surface area contributed by atoms with Gasteiger partial charge >= 0.3 is 6.18 Å². The molecule has 0 bridgehead atoms. The van der Waals surface area contributed by atoms with E-state index in [-0.39, 0.29) is 5.56 Å². The van der Waals surface area contributed by atoms with Crippen LogP contribution in [0.1, 0.15) is 16.7 Å². The van der Waals surface area contributed by atoms with Crippen molar-refractivity contribution in [3.05, 3.63) is 51.2 Å². The van der Waals surface area contributed by atoms with Gasteiger partial charge < -0.3 is 5.11 Å². The first-order valence-electron chi connectivity index (χ1n) is 5.76. The van der Waals surface area contributed by atoms with E-state index < -0.39 is 40.1 Å². The third kappa shape index (κ3) is 2.50. The number of aromatic hydroxyl groups is 1. The predicted octanol–water partition coefficient (Wildman–Crippen LogP) is 2.28. The number of alkyl halides is 3. The van der Waals surface area contributed by atoms with Crippen LogP contribution in [-0.4, -0.2) is 14.9 Å². The number of halogens is 4. The van der Waals surface area contributed by atoms with Crippen molar-refractivity contribution in [2.24, 2.45) is 0 Å². The van der Waals surface area contributed by atoms with Crippen LogP contribution in [0.15, 0.2) is 23.1 Å². The topological polar surface area (TPSA) is 78.9 Å². The fourth-order valence-electron chi connectivity index (χ4n) is 1.80. The van der Waals surface area contributed by atoms with E-state index in [1.54, 1.807) is 0 Å². The van der Waals surface area contributed by atoms with E-state index in [1.165, 1.54) is 6.07 Å². The number of phenolic OH excluding ortho intramolecular Hbond substituents is 1. The molecule has 2 aromatic rings. The van der Waals surface area contributed by atoms with Crippen molar-refractivity contribution < 1.29 is 22.7 Å². The molecule has 0 aliphatic heterocycles. The van der Waals surface area contributed by atoms with E-state index in [0.29, 0.717) is 16.9 Å².